The van der Waals surface area contributed by atoms with Crippen molar-refractivity contribution >= 4 is 11.7 Å². The molecule has 5 heteroatoms. The number of anilines is 1. The van der Waals surface area contributed by atoms with Crippen LogP contribution < -0.4 is 11.1 Å². The van der Waals surface area contributed by atoms with Gasteiger partial charge in [-0.15, -0.1) is 0 Å². The molecular formula is C12H18FN3O. The molecule has 4 nitrogen and oxygen atoms in total. The van der Waals surface area contributed by atoms with E-state index in [4.69, 9.17) is 5.73 Å². The lowest BCUT2D eigenvalue weighted by molar-refractivity contribution is 0.172. The lowest BCUT2D eigenvalue weighted by Crippen LogP contribution is -2.51. The Morgan fingerprint density at radius 2 is 2.06 bits per heavy atom. The van der Waals surface area contributed by atoms with E-state index in [0.29, 0.717) is 6.54 Å². The Labute approximate surface area is 101 Å². The maximum atomic E-state index is 13.3. The lowest BCUT2D eigenvalue weighted by Gasteiger charge is -2.34. The van der Waals surface area contributed by atoms with Crippen LogP contribution in [0.2, 0.25) is 0 Å². The first-order valence-corrected chi connectivity index (χ1v) is 5.38. The van der Waals surface area contributed by atoms with Gasteiger partial charge in [-0.05, 0) is 26.0 Å². The minimum Gasteiger partial charge on any atom is -0.328 e. The second kappa shape index (κ2) is 5.14. The van der Waals surface area contributed by atoms with Gasteiger partial charge in [0.2, 0.25) is 0 Å². The van der Waals surface area contributed by atoms with Crippen LogP contribution in [0.1, 0.15) is 13.8 Å². The molecule has 0 heterocycles. The fourth-order valence-corrected chi connectivity index (χ4v) is 1.17. The molecule has 2 amide bonds. The molecule has 0 aliphatic carbocycles. The molecule has 0 unspecified atom stereocenters. The fraction of sp³-hybridized carbons (Fsp3) is 0.417. The van der Waals surface area contributed by atoms with Gasteiger partial charge in [-0.25, -0.2) is 9.18 Å². The highest BCUT2D eigenvalue weighted by Gasteiger charge is 2.26. The number of hydrogen-bond acceptors (Lipinski definition) is 2. The van der Waals surface area contributed by atoms with Crippen LogP contribution in [0, 0.1) is 5.82 Å². The molecule has 3 N–H and O–H groups in total. The van der Waals surface area contributed by atoms with Crippen LogP contribution in [0.25, 0.3) is 0 Å². The summed E-state index contributed by atoms with van der Waals surface area (Å²) >= 11 is 0. The molecule has 0 aromatic heterocycles. The van der Waals surface area contributed by atoms with Gasteiger partial charge < -0.3 is 16.0 Å². The zero-order valence-electron chi connectivity index (χ0n) is 10.3. The normalized spacial score (nSPS) is 11.1. The summed E-state index contributed by atoms with van der Waals surface area (Å²) in [4.78, 5) is 13.3. The van der Waals surface area contributed by atoms with E-state index in [9.17, 15) is 9.18 Å². The number of hydrogen-bond donors (Lipinski definition) is 2. The van der Waals surface area contributed by atoms with E-state index in [1.807, 2.05) is 13.8 Å². The van der Waals surface area contributed by atoms with Gasteiger partial charge in [0.05, 0.1) is 11.2 Å². The van der Waals surface area contributed by atoms with Crippen LogP contribution in [0.5, 0.6) is 0 Å². The van der Waals surface area contributed by atoms with Gasteiger partial charge in [-0.3, -0.25) is 0 Å². The number of benzene rings is 1. The van der Waals surface area contributed by atoms with E-state index in [-0.39, 0.29) is 11.7 Å². The SMILES string of the molecule is CN(C(=O)Nc1ccccc1F)C(C)(C)CN. The first-order chi connectivity index (χ1) is 7.88. The highest BCUT2D eigenvalue weighted by molar-refractivity contribution is 5.89. The Morgan fingerprint density at radius 3 is 2.59 bits per heavy atom. The van der Waals surface area contributed by atoms with Crippen LogP contribution in [0.3, 0.4) is 0 Å². The van der Waals surface area contributed by atoms with Crippen LogP contribution in [-0.2, 0) is 0 Å². The van der Waals surface area contributed by atoms with Crippen LogP contribution >= 0.6 is 0 Å². The number of carbonyl (C=O) groups excluding carboxylic acids is 1. The molecule has 1 rings (SSSR count). The summed E-state index contributed by atoms with van der Waals surface area (Å²) in [5.74, 6) is -0.459. The highest BCUT2D eigenvalue weighted by Crippen LogP contribution is 2.16. The van der Waals surface area contributed by atoms with Crippen molar-refractivity contribution in [3.63, 3.8) is 0 Å². The first kappa shape index (κ1) is 13.4. The van der Waals surface area contributed by atoms with Crippen molar-refractivity contribution in [2.24, 2.45) is 5.73 Å². The summed E-state index contributed by atoms with van der Waals surface area (Å²) in [6.45, 7) is 4.01. The number of nitrogens with two attached hydrogens (primary N) is 1. The van der Waals surface area contributed by atoms with Crippen molar-refractivity contribution in [3.05, 3.63) is 30.1 Å². The summed E-state index contributed by atoms with van der Waals surface area (Å²) < 4.78 is 13.3. The number of nitrogens with one attached hydrogen (secondary N) is 1. The topological polar surface area (TPSA) is 58.4 Å². The lowest BCUT2D eigenvalue weighted by atomic mass is 10.1. The Morgan fingerprint density at radius 1 is 1.47 bits per heavy atom. The third kappa shape index (κ3) is 3.17. The summed E-state index contributed by atoms with van der Waals surface area (Å²) in [5.41, 5.74) is 5.26. The zero-order chi connectivity index (χ0) is 13.1. The molecule has 17 heavy (non-hydrogen) atoms. The number of halogens is 1. The molecule has 0 aliphatic rings. The van der Waals surface area contributed by atoms with Gasteiger partial charge in [0.1, 0.15) is 5.82 Å². The van der Waals surface area contributed by atoms with E-state index in [0.717, 1.165) is 0 Å². The number of para-hydroxylation sites is 1. The van der Waals surface area contributed by atoms with E-state index >= 15 is 0 Å². The monoisotopic (exact) mass is 239 g/mol. The molecule has 94 valence electrons. The van der Waals surface area contributed by atoms with Crippen molar-refractivity contribution in [2.75, 3.05) is 18.9 Å². The van der Waals surface area contributed by atoms with E-state index in [2.05, 4.69) is 5.32 Å². The predicted molar refractivity (Wildman–Crippen MR) is 66.3 cm³/mol. The van der Waals surface area contributed by atoms with Gasteiger partial charge in [0.25, 0.3) is 0 Å². The summed E-state index contributed by atoms with van der Waals surface area (Å²) in [6.07, 6.45) is 0. The van der Waals surface area contributed by atoms with Crippen LogP contribution in [-0.4, -0.2) is 30.1 Å². The van der Waals surface area contributed by atoms with E-state index in [1.54, 1.807) is 19.2 Å². The number of amides is 2. The Balaban J connectivity index is 2.77. The summed E-state index contributed by atoms with van der Waals surface area (Å²) in [6, 6.07) is 5.65. The molecule has 0 saturated carbocycles. The van der Waals surface area contributed by atoms with Crippen molar-refractivity contribution in [1.82, 2.24) is 4.90 Å². The third-order valence-electron chi connectivity index (χ3n) is 2.83. The number of rotatable bonds is 3. The van der Waals surface area contributed by atoms with Gasteiger partial charge in [0.15, 0.2) is 0 Å². The van der Waals surface area contributed by atoms with Gasteiger partial charge in [0, 0.05) is 13.6 Å². The minimum atomic E-state index is -0.477. The number of carbonyl (C=O) groups is 1. The summed E-state index contributed by atoms with van der Waals surface area (Å²) in [5, 5.41) is 2.51. The quantitative estimate of drug-likeness (QED) is 0.847. The number of urea groups is 1. The van der Waals surface area contributed by atoms with Gasteiger partial charge in [-0.1, -0.05) is 12.1 Å². The van der Waals surface area contributed by atoms with Crippen molar-refractivity contribution in [3.8, 4) is 0 Å². The first-order valence-electron chi connectivity index (χ1n) is 5.38. The molecule has 0 saturated heterocycles. The molecule has 1 aromatic rings. The van der Waals surface area contributed by atoms with E-state index < -0.39 is 11.4 Å². The third-order valence-corrected chi connectivity index (χ3v) is 2.83. The molecule has 0 spiro atoms. The second-order valence-electron chi connectivity index (χ2n) is 4.49. The predicted octanol–water partition coefficient (Wildman–Crippen LogP) is 2.03. The average molecular weight is 239 g/mol. The molecule has 1 aromatic carbocycles. The smallest absolute Gasteiger partial charge is 0.322 e. The Kier molecular flexibility index (Phi) is 4.07. The second-order valence-corrected chi connectivity index (χ2v) is 4.49. The Hall–Kier alpha value is -1.62. The summed E-state index contributed by atoms with van der Waals surface area (Å²) in [7, 11) is 1.63. The van der Waals surface area contributed by atoms with Crippen LogP contribution in [0.4, 0.5) is 14.9 Å². The molecule has 0 aliphatic heterocycles. The fourth-order valence-electron chi connectivity index (χ4n) is 1.17. The molecule has 0 bridgehead atoms. The maximum Gasteiger partial charge on any atom is 0.322 e. The van der Waals surface area contributed by atoms with Gasteiger partial charge >= 0.3 is 6.03 Å². The average Bonchev–Trinajstić information content (AvgIpc) is 2.31. The highest BCUT2D eigenvalue weighted by atomic mass is 19.1. The molecular weight excluding hydrogens is 221 g/mol. The number of nitrogens with zero attached hydrogens (tertiary/aromatic N) is 1. The molecule has 0 radical (unpaired) electrons. The van der Waals surface area contributed by atoms with Gasteiger partial charge in [-0.2, -0.15) is 0 Å². The molecule has 0 atom stereocenters. The minimum absolute atomic E-state index is 0.164. The maximum absolute atomic E-state index is 13.3. The standard InChI is InChI=1S/C12H18FN3O/c1-12(2,8-14)16(3)11(17)15-10-7-5-4-6-9(10)13/h4-7H,8,14H2,1-3H3,(H,15,17). The molecule has 0 fully saturated rings. The zero-order valence-corrected chi connectivity index (χ0v) is 10.3. The van der Waals surface area contributed by atoms with E-state index in [1.165, 1.54) is 17.0 Å². The van der Waals surface area contributed by atoms with Crippen molar-refractivity contribution < 1.29 is 9.18 Å². The van der Waals surface area contributed by atoms with Crippen molar-refractivity contribution in [2.45, 2.75) is 19.4 Å². The largest absolute Gasteiger partial charge is 0.328 e. The van der Waals surface area contributed by atoms with Crippen molar-refractivity contribution in [1.29, 1.82) is 0 Å². The van der Waals surface area contributed by atoms with Crippen LogP contribution in [0.15, 0.2) is 24.3 Å². The Bertz CT molecular complexity index is 406. The number of likely N-dealkylation sites (N-methyl/N-ethyl adjacent to an activating group) is 1.